The molecule has 3 atom stereocenters. The number of carbonyl (C=O) groups is 1. The van der Waals surface area contributed by atoms with E-state index in [1.165, 1.54) is 6.42 Å². The van der Waals surface area contributed by atoms with Gasteiger partial charge in [0.15, 0.2) is 11.5 Å². The molecule has 1 aromatic carbocycles. The van der Waals surface area contributed by atoms with Crippen molar-refractivity contribution in [3.63, 3.8) is 0 Å². The maximum atomic E-state index is 11.7. The van der Waals surface area contributed by atoms with E-state index in [1.54, 1.807) is 12.1 Å². The van der Waals surface area contributed by atoms with Crippen LogP contribution in [0.1, 0.15) is 44.6 Å². The maximum Gasteiger partial charge on any atom is 0.320 e. The Morgan fingerprint density at radius 3 is 2.83 bits per heavy atom. The molecule has 5 nitrogen and oxygen atoms in total. The number of hydrogen-bond acceptors (Lipinski definition) is 4. The highest BCUT2D eigenvalue weighted by Gasteiger charge is 2.45. The summed E-state index contributed by atoms with van der Waals surface area (Å²) in [6.45, 7) is 2.78. The van der Waals surface area contributed by atoms with E-state index in [2.05, 4.69) is 4.90 Å². The van der Waals surface area contributed by atoms with Crippen molar-refractivity contribution in [2.75, 3.05) is 6.61 Å². The first-order valence-electron chi connectivity index (χ1n) is 8.64. The van der Waals surface area contributed by atoms with Crippen LogP contribution in [0.5, 0.6) is 11.5 Å². The second-order valence-electron chi connectivity index (χ2n) is 6.73. The first kappa shape index (κ1) is 17.4. The number of benzene rings is 1. The lowest BCUT2D eigenvalue weighted by Crippen LogP contribution is -2.41. The van der Waals surface area contributed by atoms with Crippen molar-refractivity contribution in [1.82, 2.24) is 4.90 Å². The van der Waals surface area contributed by atoms with Gasteiger partial charge in [0.25, 0.3) is 0 Å². The van der Waals surface area contributed by atoms with Gasteiger partial charge in [-0.3, -0.25) is 9.69 Å². The zero-order chi connectivity index (χ0) is 17.3. The number of aliphatic carboxylic acids is 1. The van der Waals surface area contributed by atoms with Crippen molar-refractivity contribution < 1.29 is 19.7 Å². The Balaban J connectivity index is 1.86. The summed E-state index contributed by atoms with van der Waals surface area (Å²) in [6, 6.07) is 3.35. The fourth-order valence-corrected chi connectivity index (χ4v) is 4.45. The van der Waals surface area contributed by atoms with Gasteiger partial charge in [-0.2, -0.15) is 0 Å². The molecule has 132 valence electrons. The zero-order valence-corrected chi connectivity index (χ0v) is 14.6. The molecule has 1 heterocycles. The number of nitrogens with zero attached hydrogens (tertiary/aromatic N) is 1. The van der Waals surface area contributed by atoms with E-state index in [1.807, 2.05) is 6.92 Å². The van der Waals surface area contributed by atoms with E-state index >= 15 is 0 Å². The highest BCUT2D eigenvalue weighted by Crippen LogP contribution is 2.42. The van der Waals surface area contributed by atoms with Crippen LogP contribution in [0.3, 0.4) is 0 Å². The molecule has 1 aliphatic heterocycles. The third-order valence-electron chi connectivity index (χ3n) is 5.26. The second kappa shape index (κ2) is 7.19. The number of hydrogen-bond donors (Lipinski definition) is 2. The molecule has 1 aromatic rings. The number of rotatable bonds is 5. The third-order valence-corrected chi connectivity index (χ3v) is 5.55. The third kappa shape index (κ3) is 3.33. The second-order valence-corrected chi connectivity index (χ2v) is 7.14. The van der Waals surface area contributed by atoms with Gasteiger partial charge in [-0.15, -0.1) is 0 Å². The summed E-state index contributed by atoms with van der Waals surface area (Å²) in [5.74, 6) is 0.0124. The molecule has 2 aliphatic rings. The molecule has 6 heteroatoms. The molecule has 0 bridgehead atoms. The van der Waals surface area contributed by atoms with Crippen molar-refractivity contribution in [3.8, 4) is 11.5 Å². The van der Waals surface area contributed by atoms with Gasteiger partial charge in [0, 0.05) is 12.6 Å². The number of aromatic hydroxyl groups is 1. The van der Waals surface area contributed by atoms with Crippen molar-refractivity contribution >= 4 is 17.6 Å². The minimum absolute atomic E-state index is 0.0611. The van der Waals surface area contributed by atoms with Crippen LogP contribution in [0.4, 0.5) is 0 Å². The first-order chi connectivity index (χ1) is 11.5. The molecule has 3 unspecified atom stereocenters. The molecule has 2 fully saturated rings. The smallest absolute Gasteiger partial charge is 0.320 e. The summed E-state index contributed by atoms with van der Waals surface area (Å²) in [6.07, 6.45) is 5.25. The van der Waals surface area contributed by atoms with E-state index in [-0.39, 0.29) is 10.8 Å². The number of carboxylic acids is 1. The Kier molecular flexibility index (Phi) is 5.21. The Labute approximate surface area is 147 Å². The number of likely N-dealkylation sites (tertiary alicyclic amines) is 1. The number of phenolic OH excluding ortho intramolecular Hbond substituents is 1. The summed E-state index contributed by atoms with van der Waals surface area (Å²) in [5.41, 5.74) is 0.874. The average Bonchev–Trinajstić information content (AvgIpc) is 2.91. The van der Waals surface area contributed by atoms with Crippen LogP contribution in [0.25, 0.3) is 0 Å². The van der Waals surface area contributed by atoms with Crippen LogP contribution in [0.15, 0.2) is 12.1 Å². The average molecular weight is 354 g/mol. The molecule has 24 heavy (non-hydrogen) atoms. The fraction of sp³-hybridized carbons (Fsp3) is 0.611. The van der Waals surface area contributed by atoms with E-state index < -0.39 is 12.0 Å². The highest BCUT2D eigenvalue weighted by molar-refractivity contribution is 6.32. The Bertz CT molecular complexity index is 621. The maximum absolute atomic E-state index is 11.7. The van der Waals surface area contributed by atoms with E-state index in [9.17, 15) is 15.0 Å². The predicted molar refractivity (Wildman–Crippen MR) is 91.6 cm³/mol. The predicted octanol–water partition coefficient (Wildman–Crippen LogP) is 3.66. The lowest BCUT2D eigenvalue weighted by atomic mass is 9.84. The van der Waals surface area contributed by atoms with Gasteiger partial charge < -0.3 is 14.9 Å². The monoisotopic (exact) mass is 353 g/mol. The van der Waals surface area contributed by atoms with Gasteiger partial charge in [-0.1, -0.05) is 24.4 Å². The Hall–Kier alpha value is -1.46. The summed E-state index contributed by atoms with van der Waals surface area (Å²) >= 11 is 6.11. The van der Waals surface area contributed by atoms with Crippen LogP contribution >= 0.6 is 11.6 Å². The lowest BCUT2D eigenvalue weighted by molar-refractivity contribution is -0.142. The first-order valence-corrected chi connectivity index (χ1v) is 9.01. The number of carboxylic acid groups (broad SMARTS) is 1. The number of phenols is 1. The molecule has 0 radical (unpaired) electrons. The van der Waals surface area contributed by atoms with Crippen molar-refractivity contribution in [3.05, 3.63) is 22.7 Å². The van der Waals surface area contributed by atoms with Gasteiger partial charge in [0.2, 0.25) is 0 Å². The van der Waals surface area contributed by atoms with E-state index in [0.29, 0.717) is 30.9 Å². The topological polar surface area (TPSA) is 70.0 Å². The molecule has 1 aliphatic carbocycles. The van der Waals surface area contributed by atoms with E-state index in [4.69, 9.17) is 16.3 Å². The Morgan fingerprint density at radius 1 is 1.38 bits per heavy atom. The van der Waals surface area contributed by atoms with Crippen LogP contribution < -0.4 is 4.74 Å². The molecular formula is C18H24ClNO4. The van der Waals surface area contributed by atoms with Gasteiger partial charge in [-0.05, 0) is 49.8 Å². The van der Waals surface area contributed by atoms with Crippen LogP contribution in [0.2, 0.25) is 5.02 Å². The molecule has 1 saturated carbocycles. The zero-order valence-electron chi connectivity index (χ0n) is 13.9. The lowest BCUT2D eigenvalue weighted by Gasteiger charge is -2.33. The highest BCUT2D eigenvalue weighted by atomic mass is 35.5. The van der Waals surface area contributed by atoms with Crippen LogP contribution in [0, 0.1) is 5.92 Å². The minimum atomic E-state index is -0.751. The fourth-order valence-electron chi connectivity index (χ4n) is 4.22. The van der Waals surface area contributed by atoms with Gasteiger partial charge in [0.1, 0.15) is 6.04 Å². The molecule has 0 amide bonds. The summed E-state index contributed by atoms with van der Waals surface area (Å²) in [4.78, 5) is 13.8. The van der Waals surface area contributed by atoms with Gasteiger partial charge in [-0.25, -0.2) is 0 Å². The number of fused-ring (bicyclic) bond motifs is 1. The van der Waals surface area contributed by atoms with Crippen LogP contribution in [-0.2, 0) is 11.3 Å². The molecular weight excluding hydrogens is 330 g/mol. The van der Waals surface area contributed by atoms with Crippen molar-refractivity contribution in [2.45, 2.75) is 57.7 Å². The number of ether oxygens (including phenoxy) is 1. The normalized spacial score (nSPS) is 27.0. The molecule has 0 spiro atoms. The Morgan fingerprint density at radius 2 is 2.12 bits per heavy atom. The summed E-state index contributed by atoms with van der Waals surface area (Å²) in [7, 11) is 0. The van der Waals surface area contributed by atoms with Crippen molar-refractivity contribution in [1.29, 1.82) is 0 Å². The number of halogens is 1. The van der Waals surface area contributed by atoms with Crippen molar-refractivity contribution in [2.24, 2.45) is 5.92 Å². The SMILES string of the molecule is CCOc1cc(CN2C(C(=O)O)CC3CCCCC32)cc(Cl)c1O. The quantitative estimate of drug-likeness (QED) is 0.845. The largest absolute Gasteiger partial charge is 0.503 e. The van der Waals surface area contributed by atoms with E-state index in [0.717, 1.165) is 31.2 Å². The molecule has 3 rings (SSSR count). The summed E-state index contributed by atoms with van der Waals surface area (Å²) < 4.78 is 5.43. The molecule has 0 aromatic heterocycles. The van der Waals surface area contributed by atoms with Gasteiger partial charge >= 0.3 is 5.97 Å². The molecule has 1 saturated heterocycles. The minimum Gasteiger partial charge on any atom is -0.503 e. The standard InChI is InChI=1S/C18H24ClNO4/c1-2-24-16-8-11(7-13(19)17(16)21)10-20-14-6-4-3-5-12(14)9-15(20)18(22)23/h7-8,12,14-15,21H,2-6,9-10H2,1H3,(H,22,23). The van der Waals surface area contributed by atoms with Crippen LogP contribution in [-0.4, -0.2) is 39.8 Å². The summed E-state index contributed by atoms with van der Waals surface area (Å²) in [5, 5.41) is 19.8. The molecule has 2 N–H and O–H groups in total. The van der Waals surface area contributed by atoms with Gasteiger partial charge in [0.05, 0.1) is 11.6 Å².